The van der Waals surface area contributed by atoms with E-state index in [4.69, 9.17) is 49.0 Å². The van der Waals surface area contributed by atoms with Crippen LogP contribution in [-0.4, -0.2) is 32.7 Å². The average Bonchev–Trinajstić information content (AvgIpc) is 2.57. The molecule has 0 unspecified atom stereocenters. The van der Waals surface area contributed by atoms with Crippen LogP contribution in [0, 0.1) is 0 Å². The van der Waals surface area contributed by atoms with Crippen LogP contribution in [0.5, 0.6) is 11.5 Å². The molecule has 138 valence electrons. The number of nitrogens with one attached hydrogen (secondary N) is 1. The van der Waals surface area contributed by atoms with Crippen molar-refractivity contribution in [2.24, 2.45) is 0 Å². The van der Waals surface area contributed by atoms with Gasteiger partial charge in [0.2, 0.25) is 0 Å². The van der Waals surface area contributed by atoms with Crippen LogP contribution in [-0.2, 0) is 9.53 Å². The van der Waals surface area contributed by atoms with Crippen LogP contribution in [0.4, 0.5) is 5.69 Å². The highest BCUT2D eigenvalue weighted by molar-refractivity contribution is 6.35. The number of hydrogen-bond acceptors (Lipinski definition) is 5. The van der Waals surface area contributed by atoms with Gasteiger partial charge in [-0.15, -0.1) is 0 Å². The maximum Gasteiger partial charge on any atom is 0.338 e. The van der Waals surface area contributed by atoms with E-state index in [-0.39, 0.29) is 16.3 Å². The second-order valence-electron chi connectivity index (χ2n) is 4.98. The van der Waals surface area contributed by atoms with E-state index < -0.39 is 18.5 Å². The molecule has 1 N–H and O–H groups in total. The van der Waals surface area contributed by atoms with Gasteiger partial charge in [0.05, 0.1) is 24.8 Å². The molecular weight excluding hydrogens is 405 g/mol. The van der Waals surface area contributed by atoms with E-state index in [1.807, 2.05) is 0 Å². The second kappa shape index (κ2) is 8.98. The fourth-order valence-electron chi connectivity index (χ4n) is 2.07. The monoisotopic (exact) mass is 417 g/mol. The maximum absolute atomic E-state index is 12.1. The van der Waals surface area contributed by atoms with Crippen LogP contribution in [0.3, 0.4) is 0 Å². The van der Waals surface area contributed by atoms with Gasteiger partial charge in [-0.3, -0.25) is 4.79 Å². The summed E-state index contributed by atoms with van der Waals surface area (Å²) in [6, 6.07) is 7.32. The lowest BCUT2D eigenvalue weighted by atomic mass is 10.2. The van der Waals surface area contributed by atoms with Gasteiger partial charge in [0, 0.05) is 15.7 Å². The second-order valence-corrected chi connectivity index (χ2v) is 6.26. The van der Waals surface area contributed by atoms with E-state index in [1.54, 1.807) is 0 Å². The average molecular weight is 419 g/mol. The molecule has 9 heteroatoms. The molecule has 0 saturated carbocycles. The quantitative estimate of drug-likeness (QED) is 0.701. The Balaban J connectivity index is 2.02. The Labute approximate surface area is 164 Å². The number of halogens is 3. The lowest BCUT2D eigenvalue weighted by Crippen LogP contribution is -2.21. The molecule has 0 saturated heterocycles. The zero-order valence-electron chi connectivity index (χ0n) is 13.8. The molecule has 0 aliphatic carbocycles. The molecular formula is C17H14Cl3NO5. The molecule has 2 aromatic carbocycles. The summed E-state index contributed by atoms with van der Waals surface area (Å²) in [5.74, 6) is -0.735. The lowest BCUT2D eigenvalue weighted by Gasteiger charge is -2.11. The molecule has 0 atom stereocenters. The third-order valence-corrected chi connectivity index (χ3v) is 3.87. The predicted octanol–water partition coefficient (Wildman–Crippen LogP) is 4.46. The Morgan fingerprint density at radius 2 is 1.62 bits per heavy atom. The molecule has 0 aliphatic heterocycles. The Bertz CT molecular complexity index is 821. The standard InChI is InChI=1S/C17H14Cl3NO5/c1-24-14-4-9(3-13(20)16(14)25-2)17(23)26-8-15(22)21-12-6-10(18)5-11(19)7-12/h3-7H,8H2,1-2H3,(H,21,22). The number of esters is 1. The molecule has 0 spiro atoms. The van der Waals surface area contributed by atoms with E-state index in [2.05, 4.69) is 5.32 Å². The lowest BCUT2D eigenvalue weighted by molar-refractivity contribution is -0.119. The molecule has 26 heavy (non-hydrogen) atoms. The number of carbonyl (C=O) groups is 2. The van der Waals surface area contributed by atoms with Crippen molar-refractivity contribution in [2.45, 2.75) is 0 Å². The number of ether oxygens (including phenoxy) is 3. The first-order valence-electron chi connectivity index (χ1n) is 7.18. The molecule has 0 aliphatic rings. The fraction of sp³-hybridized carbons (Fsp3) is 0.176. The topological polar surface area (TPSA) is 73.9 Å². The molecule has 1 amide bonds. The first kappa shape index (κ1) is 20.2. The molecule has 0 radical (unpaired) electrons. The summed E-state index contributed by atoms with van der Waals surface area (Å²) in [6.07, 6.45) is 0. The summed E-state index contributed by atoms with van der Waals surface area (Å²) in [7, 11) is 2.83. The predicted molar refractivity (Wildman–Crippen MR) is 99.9 cm³/mol. The van der Waals surface area contributed by atoms with Crippen molar-refractivity contribution in [3.8, 4) is 11.5 Å². The smallest absolute Gasteiger partial charge is 0.338 e. The third-order valence-electron chi connectivity index (χ3n) is 3.15. The number of carbonyl (C=O) groups excluding carboxylic acids is 2. The summed E-state index contributed by atoms with van der Waals surface area (Å²) < 4.78 is 15.2. The zero-order chi connectivity index (χ0) is 19.3. The van der Waals surface area contributed by atoms with Gasteiger partial charge in [-0.1, -0.05) is 34.8 Å². The van der Waals surface area contributed by atoms with Gasteiger partial charge >= 0.3 is 5.97 Å². The molecule has 0 bridgehead atoms. The number of anilines is 1. The first-order valence-corrected chi connectivity index (χ1v) is 8.32. The van der Waals surface area contributed by atoms with Crippen molar-refractivity contribution in [1.82, 2.24) is 0 Å². The van der Waals surface area contributed by atoms with Crippen LogP contribution >= 0.6 is 34.8 Å². The fourth-order valence-corrected chi connectivity index (χ4v) is 2.89. The SMILES string of the molecule is COc1cc(C(=O)OCC(=O)Nc2cc(Cl)cc(Cl)c2)cc(Cl)c1OC. The highest BCUT2D eigenvalue weighted by Gasteiger charge is 2.17. The molecule has 0 heterocycles. The minimum Gasteiger partial charge on any atom is -0.493 e. The summed E-state index contributed by atoms with van der Waals surface area (Å²) in [5, 5.41) is 3.44. The molecule has 6 nitrogen and oxygen atoms in total. The minimum atomic E-state index is -0.743. The van der Waals surface area contributed by atoms with Crippen molar-refractivity contribution in [1.29, 1.82) is 0 Å². The van der Waals surface area contributed by atoms with Gasteiger partial charge in [-0.05, 0) is 30.3 Å². The number of amides is 1. The van der Waals surface area contributed by atoms with Gasteiger partial charge in [0.15, 0.2) is 18.1 Å². The molecule has 0 fully saturated rings. The van der Waals surface area contributed by atoms with E-state index >= 15 is 0 Å². The highest BCUT2D eigenvalue weighted by atomic mass is 35.5. The number of methoxy groups -OCH3 is 2. The van der Waals surface area contributed by atoms with Crippen LogP contribution in [0.2, 0.25) is 15.1 Å². The summed E-state index contributed by atoms with van der Waals surface area (Å²) >= 11 is 17.7. The van der Waals surface area contributed by atoms with Crippen LogP contribution in [0.1, 0.15) is 10.4 Å². The van der Waals surface area contributed by atoms with Crippen LogP contribution < -0.4 is 14.8 Å². The van der Waals surface area contributed by atoms with E-state index in [0.29, 0.717) is 21.5 Å². The van der Waals surface area contributed by atoms with Crippen molar-refractivity contribution >= 4 is 52.4 Å². The first-order chi connectivity index (χ1) is 12.3. The third kappa shape index (κ3) is 5.17. The van der Waals surface area contributed by atoms with Crippen molar-refractivity contribution in [3.05, 3.63) is 51.0 Å². The summed E-state index contributed by atoms with van der Waals surface area (Å²) in [5.41, 5.74) is 0.504. The summed E-state index contributed by atoms with van der Waals surface area (Å²) in [6.45, 7) is -0.505. The Morgan fingerprint density at radius 3 is 2.19 bits per heavy atom. The van der Waals surface area contributed by atoms with Crippen molar-refractivity contribution < 1.29 is 23.8 Å². The normalized spacial score (nSPS) is 10.2. The number of rotatable bonds is 6. The summed E-state index contributed by atoms with van der Waals surface area (Å²) in [4.78, 5) is 24.0. The highest BCUT2D eigenvalue weighted by Crippen LogP contribution is 2.36. The van der Waals surface area contributed by atoms with Gasteiger partial charge < -0.3 is 19.5 Å². The minimum absolute atomic E-state index is 0.117. The maximum atomic E-state index is 12.1. The number of hydrogen-bond donors (Lipinski definition) is 1. The Kier molecular flexibility index (Phi) is 6.97. The zero-order valence-corrected chi connectivity index (χ0v) is 16.0. The van der Waals surface area contributed by atoms with Gasteiger partial charge in [-0.25, -0.2) is 4.79 Å². The van der Waals surface area contributed by atoms with E-state index in [9.17, 15) is 9.59 Å². The van der Waals surface area contributed by atoms with Gasteiger partial charge in [0.25, 0.3) is 5.91 Å². The van der Waals surface area contributed by atoms with Crippen LogP contribution in [0.15, 0.2) is 30.3 Å². The van der Waals surface area contributed by atoms with Gasteiger partial charge in [0.1, 0.15) is 0 Å². The molecule has 2 rings (SSSR count). The molecule has 0 aromatic heterocycles. The molecule has 2 aromatic rings. The van der Waals surface area contributed by atoms with Gasteiger partial charge in [-0.2, -0.15) is 0 Å². The van der Waals surface area contributed by atoms with E-state index in [0.717, 1.165) is 0 Å². The number of benzene rings is 2. The Hall–Kier alpha value is -2.15. The van der Waals surface area contributed by atoms with Crippen molar-refractivity contribution in [2.75, 3.05) is 26.1 Å². The van der Waals surface area contributed by atoms with Crippen LogP contribution in [0.25, 0.3) is 0 Å². The van der Waals surface area contributed by atoms with E-state index in [1.165, 1.54) is 44.6 Å². The Morgan fingerprint density at radius 1 is 0.962 bits per heavy atom. The van der Waals surface area contributed by atoms with Crippen molar-refractivity contribution in [3.63, 3.8) is 0 Å². The largest absolute Gasteiger partial charge is 0.493 e.